The number of nitrogens with one attached hydrogen (secondary N) is 1. The molecule has 0 aromatic carbocycles. The highest BCUT2D eigenvalue weighted by Crippen LogP contribution is 2.24. The molecule has 3 N–H and O–H groups in total. The van der Waals surface area contributed by atoms with Crippen molar-refractivity contribution in [2.75, 3.05) is 37.5 Å². The van der Waals surface area contributed by atoms with Gasteiger partial charge in [-0.2, -0.15) is 0 Å². The fraction of sp³-hybridized carbons (Fsp3) is 0.583. The van der Waals surface area contributed by atoms with Crippen molar-refractivity contribution < 1.29 is 0 Å². The van der Waals surface area contributed by atoms with Crippen LogP contribution in [0.25, 0.3) is 0 Å². The summed E-state index contributed by atoms with van der Waals surface area (Å²) in [5, 5.41) is 0. The number of aromatic nitrogens is 1. The van der Waals surface area contributed by atoms with Crippen LogP contribution in [-0.4, -0.2) is 43.1 Å². The molecule has 1 aromatic heterocycles. The number of hydrazine groups is 1. The first-order valence-electron chi connectivity index (χ1n) is 6.06. The van der Waals surface area contributed by atoms with Gasteiger partial charge < -0.3 is 15.2 Å². The van der Waals surface area contributed by atoms with Crippen molar-refractivity contribution in [2.45, 2.75) is 18.9 Å². The molecule has 2 heterocycles. The quantitative estimate of drug-likeness (QED) is 0.600. The first kappa shape index (κ1) is 12.1. The summed E-state index contributed by atoms with van der Waals surface area (Å²) in [6, 6.07) is 6.48. The highest BCUT2D eigenvalue weighted by molar-refractivity contribution is 5.48. The normalized spacial score (nSPS) is 20.0. The van der Waals surface area contributed by atoms with Crippen molar-refractivity contribution in [3.63, 3.8) is 0 Å². The zero-order valence-corrected chi connectivity index (χ0v) is 10.6. The molecule has 1 unspecified atom stereocenters. The molecule has 1 aliphatic rings. The summed E-state index contributed by atoms with van der Waals surface area (Å²) in [7, 11) is 4.23. The van der Waals surface area contributed by atoms with Gasteiger partial charge >= 0.3 is 0 Å². The number of nitrogens with zero attached hydrogens (tertiary/aromatic N) is 3. The van der Waals surface area contributed by atoms with Crippen molar-refractivity contribution in [2.24, 2.45) is 5.84 Å². The van der Waals surface area contributed by atoms with Crippen LogP contribution in [0.1, 0.15) is 12.8 Å². The molecule has 0 aliphatic carbocycles. The van der Waals surface area contributed by atoms with Crippen LogP contribution in [0.5, 0.6) is 0 Å². The van der Waals surface area contributed by atoms with Crippen LogP contribution >= 0.6 is 0 Å². The number of likely N-dealkylation sites (N-methyl/N-ethyl adjacent to an activating group) is 1. The molecule has 0 saturated carbocycles. The van der Waals surface area contributed by atoms with E-state index < -0.39 is 0 Å². The van der Waals surface area contributed by atoms with Crippen LogP contribution in [0.4, 0.5) is 11.6 Å². The van der Waals surface area contributed by atoms with Crippen molar-refractivity contribution in [1.29, 1.82) is 0 Å². The van der Waals surface area contributed by atoms with Gasteiger partial charge in [0, 0.05) is 19.1 Å². The van der Waals surface area contributed by atoms with Crippen LogP contribution < -0.4 is 16.2 Å². The largest absolute Gasteiger partial charge is 0.352 e. The monoisotopic (exact) mass is 235 g/mol. The zero-order chi connectivity index (χ0) is 12.3. The first-order valence-corrected chi connectivity index (χ1v) is 6.06. The highest BCUT2D eigenvalue weighted by Gasteiger charge is 2.25. The van der Waals surface area contributed by atoms with Gasteiger partial charge in [0.2, 0.25) is 0 Å². The number of hydrogen-bond donors (Lipinski definition) is 2. The maximum atomic E-state index is 5.39. The summed E-state index contributed by atoms with van der Waals surface area (Å²) in [4.78, 5) is 9.11. The topological polar surface area (TPSA) is 57.4 Å². The van der Waals surface area contributed by atoms with Crippen LogP contribution in [0, 0.1) is 0 Å². The Balaban J connectivity index is 2.14. The average Bonchev–Trinajstić information content (AvgIpc) is 2.76. The van der Waals surface area contributed by atoms with Gasteiger partial charge in [-0.05, 0) is 39.1 Å². The Bertz CT molecular complexity index is 366. The van der Waals surface area contributed by atoms with Gasteiger partial charge in [0.15, 0.2) is 0 Å². The molecule has 0 radical (unpaired) electrons. The number of nitrogens with two attached hydrogens (primary N) is 1. The van der Waals surface area contributed by atoms with Gasteiger partial charge in [-0.25, -0.2) is 10.8 Å². The van der Waals surface area contributed by atoms with E-state index in [1.807, 2.05) is 12.1 Å². The number of nitrogen functional groups attached to an aromatic ring is 1. The van der Waals surface area contributed by atoms with E-state index in [0.29, 0.717) is 6.04 Å². The Morgan fingerprint density at radius 2 is 2.35 bits per heavy atom. The first-order chi connectivity index (χ1) is 8.20. The lowest BCUT2D eigenvalue weighted by Crippen LogP contribution is -2.38. The molecule has 1 aliphatic heterocycles. The SMILES string of the molecule is CN(C)CC1CCCN1c1cccc(NN)n1. The zero-order valence-electron chi connectivity index (χ0n) is 10.6. The summed E-state index contributed by atoms with van der Waals surface area (Å²) in [5.74, 6) is 7.13. The number of anilines is 2. The second kappa shape index (κ2) is 5.33. The third-order valence-corrected chi connectivity index (χ3v) is 3.13. The van der Waals surface area contributed by atoms with Crippen molar-refractivity contribution in [3.05, 3.63) is 18.2 Å². The van der Waals surface area contributed by atoms with E-state index >= 15 is 0 Å². The second-order valence-electron chi connectivity index (χ2n) is 4.78. The minimum absolute atomic E-state index is 0.561. The standard InChI is InChI=1S/C12H21N5/c1-16(2)9-10-5-4-8-17(10)12-7-3-6-11(14-12)15-13/h3,6-7,10H,4-5,8-9,13H2,1-2H3,(H,14,15). The molecule has 0 spiro atoms. The molecule has 1 atom stereocenters. The third-order valence-electron chi connectivity index (χ3n) is 3.13. The summed E-state index contributed by atoms with van der Waals surface area (Å²) >= 11 is 0. The van der Waals surface area contributed by atoms with Crippen molar-refractivity contribution in [3.8, 4) is 0 Å². The molecule has 2 rings (SSSR count). The fourth-order valence-electron chi connectivity index (χ4n) is 2.41. The maximum absolute atomic E-state index is 5.39. The average molecular weight is 235 g/mol. The summed E-state index contributed by atoms with van der Waals surface area (Å²) < 4.78 is 0. The van der Waals surface area contributed by atoms with E-state index in [2.05, 4.69) is 40.4 Å². The van der Waals surface area contributed by atoms with Crippen LogP contribution in [-0.2, 0) is 0 Å². The molecular formula is C12H21N5. The number of rotatable bonds is 4. The van der Waals surface area contributed by atoms with Gasteiger partial charge in [-0.1, -0.05) is 6.07 Å². The summed E-state index contributed by atoms with van der Waals surface area (Å²) in [6.07, 6.45) is 2.47. The van der Waals surface area contributed by atoms with E-state index in [1.165, 1.54) is 12.8 Å². The fourth-order valence-corrected chi connectivity index (χ4v) is 2.41. The van der Waals surface area contributed by atoms with Gasteiger partial charge in [0.05, 0.1) is 0 Å². The maximum Gasteiger partial charge on any atom is 0.142 e. The van der Waals surface area contributed by atoms with Crippen molar-refractivity contribution >= 4 is 11.6 Å². The van der Waals surface area contributed by atoms with E-state index in [-0.39, 0.29) is 0 Å². The van der Waals surface area contributed by atoms with Gasteiger partial charge in [0.25, 0.3) is 0 Å². The lowest BCUT2D eigenvalue weighted by Gasteiger charge is -2.28. The molecule has 17 heavy (non-hydrogen) atoms. The lowest BCUT2D eigenvalue weighted by atomic mass is 10.2. The predicted molar refractivity (Wildman–Crippen MR) is 71.0 cm³/mol. The molecule has 94 valence electrons. The Morgan fingerprint density at radius 3 is 3.06 bits per heavy atom. The summed E-state index contributed by atoms with van der Waals surface area (Å²) in [6.45, 7) is 2.15. The Hall–Kier alpha value is -1.33. The minimum Gasteiger partial charge on any atom is -0.352 e. The molecule has 5 heteroatoms. The molecule has 1 saturated heterocycles. The second-order valence-corrected chi connectivity index (χ2v) is 4.78. The smallest absolute Gasteiger partial charge is 0.142 e. The lowest BCUT2D eigenvalue weighted by molar-refractivity contribution is 0.371. The molecule has 1 aromatic rings. The minimum atomic E-state index is 0.561. The summed E-state index contributed by atoms with van der Waals surface area (Å²) in [5.41, 5.74) is 2.60. The molecule has 0 bridgehead atoms. The van der Waals surface area contributed by atoms with E-state index in [0.717, 1.165) is 24.7 Å². The van der Waals surface area contributed by atoms with E-state index in [1.54, 1.807) is 0 Å². The van der Waals surface area contributed by atoms with E-state index in [9.17, 15) is 0 Å². The van der Waals surface area contributed by atoms with Gasteiger partial charge in [-0.3, -0.25) is 0 Å². The Labute approximate surface area is 103 Å². The van der Waals surface area contributed by atoms with Crippen molar-refractivity contribution in [1.82, 2.24) is 9.88 Å². The van der Waals surface area contributed by atoms with Crippen LogP contribution in [0.3, 0.4) is 0 Å². The highest BCUT2D eigenvalue weighted by atomic mass is 15.3. The van der Waals surface area contributed by atoms with E-state index in [4.69, 9.17) is 5.84 Å². The predicted octanol–water partition coefficient (Wildman–Crippen LogP) is 0.898. The van der Waals surface area contributed by atoms with Crippen LogP contribution in [0.2, 0.25) is 0 Å². The third kappa shape index (κ3) is 2.87. The molecule has 0 amide bonds. The molecule has 5 nitrogen and oxygen atoms in total. The Morgan fingerprint density at radius 1 is 1.53 bits per heavy atom. The van der Waals surface area contributed by atoms with Crippen LogP contribution in [0.15, 0.2) is 18.2 Å². The number of hydrogen-bond acceptors (Lipinski definition) is 5. The van der Waals surface area contributed by atoms with Gasteiger partial charge in [-0.15, -0.1) is 0 Å². The van der Waals surface area contributed by atoms with Gasteiger partial charge in [0.1, 0.15) is 11.6 Å². The Kier molecular flexibility index (Phi) is 3.81. The molecular weight excluding hydrogens is 214 g/mol. The molecule has 1 fully saturated rings. The number of pyridine rings is 1.